The highest BCUT2D eigenvalue weighted by Crippen LogP contribution is 2.30. The second-order valence-electron chi connectivity index (χ2n) is 6.69. The van der Waals surface area contributed by atoms with Gasteiger partial charge in [-0.3, -0.25) is 14.4 Å². The van der Waals surface area contributed by atoms with E-state index in [1.54, 1.807) is 25.1 Å². The van der Waals surface area contributed by atoms with Crippen molar-refractivity contribution in [2.75, 3.05) is 6.61 Å². The lowest BCUT2D eigenvalue weighted by Gasteiger charge is -2.18. The Morgan fingerprint density at radius 3 is 2.40 bits per heavy atom. The molecule has 0 aliphatic heterocycles. The molecule has 2 rings (SSSR count). The Labute approximate surface area is 185 Å². The third-order valence-corrected chi connectivity index (χ3v) is 4.89. The second-order valence-corrected chi connectivity index (χ2v) is 7.54. The summed E-state index contributed by atoms with van der Waals surface area (Å²) in [6.45, 7) is 1.95. The third kappa shape index (κ3) is 7.69. The summed E-state index contributed by atoms with van der Waals surface area (Å²) in [6, 6.07) is 12.3. The monoisotopic (exact) mass is 451 g/mol. The zero-order valence-electron chi connectivity index (χ0n) is 16.5. The summed E-state index contributed by atoms with van der Waals surface area (Å²) in [6.07, 6.45) is -0.0381. The van der Waals surface area contributed by atoms with E-state index in [0.717, 1.165) is 16.7 Å². The van der Waals surface area contributed by atoms with Gasteiger partial charge in [0.1, 0.15) is 0 Å². The fraction of sp³-hybridized carbons (Fsp3) is 0.318. The molecule has 0 saturated heterocycles. The number of benzene rings is 2. The van der Waals surface area contributed by atoms with Crippen LogP contribution in [0.5, 0.6) is 0 Å². The number of rotatable bonds is 10. The van der Waals surface area contributed by atoms with Crippen molar-refractivity contribution < 1.29 is 24.2 Å². The molecule has 0 radical (unpaired) electrons. The van der Waals surface area contributed by atoms with Crippen LogP contribution in [-0.4, -0.2) is 35.6 Å². The first-order chi connectivity index (χ1) is 14.3. The van der Waals surface area contributed by atoms with Crippen molar-refractivity contribution in [1.29, 1.82) is 0 Å². The Morgan fingerprint density at radius 2 is 1.77 bits per heavy atom. The molecule has 0 fully saturated rings. The number of aliphatic carboxylic acids is 1. The summed E-state index contributed by atoms with van der Waals surface area (Å²) < 4.78 is 4.98. The van der Waals surface area contributed by atoms with Gasteiger partial charge >= 0.3 is 11.9 Å². The van der Waals surface area contributed by atoms with Crippen LogP contribution >= 0.6 is 23.2 Å². The molecule has 0 bridgehead atoms. The Morgan fingerprint density at radius 1 is 1.07 bits per heavy atom. The van der Waals surface area contributed by atoms with Crippen molar-refractivity contribution in [3.63, 3.8) is 0 Å². The first-order valence-electron chi connectivity index (χ1n) is 9.49. The number of carbonyl (C=O) groups is 3. The highest BCUT2D eigenvalue weighted by atomic mass is 35.5. The van der Waals surface area contributed by atoms with Crippen molar-refractivity contribution in [3.05, 3.63) is 58.1 Å². The topological polar surface area (TPSA) is 92.7 Å². The number of halogens is 2. The second kappa shape index (κ2) is 11.6. The predicted octanol–water partition coefficient (Wildman–Crippen LogP) is 4.51. The van der Waals surface area contributed by atoms with Crippen LogP contribution in [0.4, 0.5) is 0 Å². The van der Waals surface area contributed by atoms with Gasteiger partial charge in [-0.2, -0.15) is 0 Å². The lowest BCUT2D eigenvalue weighted by Crippen LogP contribution is -2.38. The minimum Gasteiger partial charge on any atom is -0.481 e. The standard InChI is InChI=1S/C22H23Cl2NO5/c1-2-30-22(29)13-17(25-20(26)9-10-21(27)28)11-14-3-5-15(6-4-14)18-12-16(23)7-8-19(18)24/h3-8,12,17H,2,9-11,13H2,1H3,(H,25,26)(H,27,28)/t17-/m1/s1. The van der Waals surface area contributed by atoms with Gasteiger partial charge in [0.05, 0.1) is 19.4 Å². The average molecular weight is 452 g/mol. The Kier molecular flexibility index (Phi) is 9.15. The van der Waals surface area contributed by atoms with Crippen LogP contribution in [0.25, 0.3) is 11.1 Å². The maximum atomic E-state index is 12.0. The van der Waals surface area contributed by atoms with Gasteiger partial charge in [0.15, 0.2) is 0 Å². The number of esters is 1. The molecule has 2 N–H and O–H groups in total. The number of hydrogen-bond donors (Lipinski definition) is 2. The van der Waals surface area contributed by atoms with E-state index in [1.165, 1.54) is 0 Å². The highest BCUT2D eigenvalue weighted by Gasteiger charge is 2.18. The van der Waals surface area contributed by atoms with Crippen molar-refractivity contribution >= 4 is 41.0 Å². The number of ether oxygens (including phenoxy) is 1. The minimum atomic E-state index is -1.05. The number of nitrogens with one attached hydrogen (secondary N) is 1. The van der Waals surface area contributed by atoms with Gasteiger partial charge in [-0.05, 0) is 42.7 Å². The molecule has 0 aliphatic carbocycles. The number of carbonyl (C=O) groups excluding carboxylic acids is 2. The van der Waals surface area contributed by atoms with Crippen LogP contribution in [0.3, 0.4) is 0 Å². The first kappa shape index (κ1) is 23.7. The van der Waals surface area contributed by atoms with Gasteiger partial charge in [0.2, 0.25) is 5.91 Å². The van der Waals surface area contributed by atoms with Gasteiger partial charge in [0, 0.05) is 28.1 Å². The van der Waals surface area contributed by atoms with E-state index in [4.69, 9.17) is 33.0 Å². The van der Waals surface area contributed by atoms with Gasteiger partial charge in [-0.15, -0.1) is 0 Å². The van der Waals surface area contributed by atoms with Crippen LogP contribution in [0, 0.1) is 0 Å². The van der Waals surface area contributed by atoms with E-state index in [1.807, 2.05) is 24.3 Å². The fourth-order valence-corrected chi connectivity index (χ4v) is 3.34. The number of carboxylic acids is 1. The minimum absolute atomic E-state index is 0.00543. The number of amides is 1. The SMILES string of the molecule is CCOC(=O)C[C@@H](Cc1ccc(-c2cc(Cl)ccc2Cl)cc1)NC(=O)CCC(=O)O. The van der Waals surface area contributed by atoms with Gasteiger partial charge in [-0.1, -0.05) is 47.5 Å². The lowest BCUT2D eigenvalue weighted by molar-refractivity contribution is -0.144. The zero-order chi connectivity index (χ0) is 22.1. The molecule has 2 aromatic carbocycles. The summed E-state index contributed by atoms with van der Waals surface area (Å²) in [4.78, 5) is 34.6. The molecule has 8 heteroatoms. The molecule has 1 amide bonds. The van der Waals surface area contributed by atoms with E-state index >= 15 is 0 Å². The molecule has 6 nitrogen and oxygen atoms in total. The maximum Gasteiger partial charge on any atom is 0.307 e. The molecule has 1 atom stereocenters. The lowest BCUT2D eigenvalue weighted by atomic mass is 9.99. The predicted molar refractivity (Wildman–Crippen MR) is 116 cm³/mol. The summed E-state index contributed by atoms with van der Waals surface area (Å²) in [5.41, 5.74) is 2.59. The summed E-state index contributed by atoms with van der Waals surface area (Å²) in [5.74, 6) is -1.90. The normalized spacial score (nSPS) is 11.6. The smallest absolute Gasteiger partial charge is 0.307 e. The molecule has 2 aromatic rings. The Bertz CT molecular complexity index is 899. The third-order valence-electron chi connectivity index (χ3n) is 4.32. The van der Waals surface area contributed by atoms with Crippen molar-refractivity contribution in [3.8, 4) is 11.1 Å². The molecule has 0 spiro atoms. The van der Waals surface area contributed by atoms with Crippen molar-refractivity contribution in [2.24, 2.45) is 0 Å². The van der Waals surface area contributed by atoms with E-state index in [9.17, 15) is 14.4 Å². The van der Waals surface area contributed by atoms with Crippen LogP contribution in [0.2, 0.25) is 10.0 Å². The Balaban J connectivity index is 2.11. The maximum absolute atomic E-state index is 12.0. The van der Waals surface area contributed by atoms with Crippen LogP contribution in [0.15, 0.2) is 42.5 Å². The molecule has 0 unspecified atom stereocenters. The molecule has 30 heavy (non-hydrogen) atoms. The molecule has 160 valence electrons. The van der Waals surface area contributed by atoms with Gasteiger partial charge in [-0.25, -0.2) is 0 Å². The van der Waals surface area contributed by atoms with Crippen LogP contribution in [-0.2, 0) is 25.5 Å². The zero-order valence-corrected chi connectivity index (χ0v) is 18.0. The number of carboxylic acid groups (broad SMARTS) is 1. The van der Waals surface area contributed by atoms with Crippen molar-refractivity contribution in [2.45, 2.75) is 38.6 Å². The molecular weight excluding hydrogens is 429 g/mol. The van der Waals surface area contributed by atoms with E-state index < -0.39 is 23.9 Å². The summed E-state index contributed by atoms with van der Waals surface area (Å²) in [5, 5.41) is 12.6. The van der Waals surface area contributed by atoms with E-state index in [0.29, 0.717) is 16.5 Å². The van der Waals surface area contributed by atoms with E-state index in [-0.39, 0.29) is 25.9 Å². The number of hydrogen-bond acceptors (Lipinski definition) is 4. The highest BCUT2D eigenvalue weighted by molar-refractivity contribution is 6.35. The Hall–Kier alpha value is -2.57. The molecule has 0 heterocycles. The quantitative estimate of drug-likeness (QED) is 0.518. The fourth-order valence-electron chi connectivity index (χ4n) is 2.94. The average Bonchev–Trinajstić information content (AvgIpc) is 2.69. The first-order valence-corrected chi connectivity index (χ1v) is 10.2. The van der Waals surface area contributed by atoms with E-state index in [2.05, 4.69) is 5.32 Å². The molecule has 0 aliphatic rings. The van der Waals surface area contributed by atoms with Crippen LogP contribution < -0.4 is 5.32 Å². The van der Waals surface area contributed by atoms with Crippen molar-refractivity contribution in [1.82, 2.24) is 5.32 Å². The summed E-state index contributed by atoms with van der Waals surface area (Å²) in [7, 11) is 0. The molecular formula is C22H23Cl2NO5. The largest absolute Gasteiger partial charge is 0.481 e. The molecule has 0 saturated carbocycles. The van der Waals surface area contributed by atoms with Gasteiger partial charge in [0.25, 0.3) is 0 Å². The summed E-state index contributed by atoms with van der Waals surface area (Å²) >= 11 is 12.3. The van der Waals surface area contributed by atoms with Gasteiger partial charge < -0.3 is 15.2 Å². The van der Waals surface area contributed by atoms with Crippen LogP contribution in [0.1, 0.15) is 31.7 Å². The molecule has 0 aromatic heterocycles.